The first-order valence-corrected chi connectivity index (χ1v) is 11.1. The zero-order valence-corrected chi connectivity index (χ0v) is 19.0. The summed E-state index contributed by atoms with van der Waals surface area (Å²) in [4.78, 5) is 19.0. The van der Waals surface area contributed by atoms with Gasteiger partial charge in [-0.15, -0.1) is 0 Å². The largest absolute Gasteiger partial charge is 0.416 e. The van der Waals surface area contributed by atoms with E-state index >= 15 is 0 Å². The van der Waals surface area contributed by atoms with Crippen molar-refractivity contribution in [3.8, 4) is 11.1 Å². The van der Waals surface area contributed by atoms with Crippen molar-refractivity contribution in [3.05, 3.63) is 77.6 Å². The standard InChI is InChI=1S/C26H26F3N3O2/c1-17-13-20(7-8-30-17)19-3-5-23(6-4-19)31-25(33)18(2)21-14-22(26(27,28)29)16-24(15-21)32-9-11-34-12-10-32/h3-8,13-16,18H,9-12H2,1-2H3,(H,31,33). The number of carbonyl (C=O) groups excluding carboxylic acids is 1. The summed E-state index contributed by atoms with van der Waals surface area (Å²) in [6.07, 6.45) is -2.77. The van der Waals surface area contributed by atoms with Crippen LogP contribution in [0.15, 0.2) is 60.8 Å². The van der Waals surface area contributed by atoms with E-state index in [1.54, 1.807) is 31.3 Å². The Balaban J connectivity index is 1.53. The second-order valence-corrected chi connectivity index (χ2v) is 8.38. The van der Waals surface area contributed by atoms with Gasteiger partial charge in [0.05, 0.1) is 24.7 Å². The van der Waals surface area contributed by atoms with E-state index in [2.05, 4.69) is 10.3 Å². The van der Waals surface area contributed by atoms with Crippen molar-refractivity contribution in [2.24, 2.45) is 0 Å². The van der Waals surface area contributed by atoms with E-state index in [1.165, 1.54) is 0 Å². The molecule has 1 unspecified atom stereocenters. The molecule has 8 heteroatoms. The van der Waals surface area contributed by atoms with Crippen LogP contribution in [-0.2, 0) is 15.7 Å². The third kappa shape index (κ3) is 5.56. The molecule has 1 aliphatic rings. The minimum absolute atomic E-state index is 0.317. The molecule has 1 N–H and O–H groups in total. The summed E-state index contributed by atoms with van der Waals surface area (Å²) in [5, 5.41) is 2.82. The Bertz CT molecular complexity index is 1160. The molecule has 0 radical (unpaired) electrons. The van der Waals surface area contributed by atoms with E-state index in [4.69, 9.17) is 4.74 Å². The minimum Gasteiger partial charge on any atom is -0.378 e. The SMILES string of the molecule is Cc1cc(-c2ccc(NC(=O)C(C)c3cc(N4CCOCC4)cc(C(F)(F)F)c3)cc2)ccn1. The number of benzene rings is 2. The quantitative estimate of drug-likeness (QED) is 0.524. The predicted molar refractivity (Wildman–Crippen MR) is 126 cm³/mol. The number of alkyl halides is 3. The second kappa shape index (κ2) is 9.85. The maximum absolute atomic E-state index is 13.6. The highest BCUT2D eigenvalue weighted by Gasteiger charge is 2.33. The van der Waals surface area contributed by atoms with E-state index in [0.29, 0.717) is 43.2 Å². The summed E-state index contributed by atoms with van der Waals surface area (Å²) < 4.78 is 46.1. The normalized spacial score (nSPS) is 15.1. The monoisotopic (exact) mass is 469 g/mol. The summed E-state index contributed by atoms with van der Waals surface area (Å²) in [5.41, 5.74) is 3.47. The van der Waals surface area contributed by atoms with Crippen LogP contribution in [0.4, 0.5) is 24.5 Å². The Morgan fingerprint density at radius 2 is 1.74 bits per heavy atom. The first-order chi connectivity index (χ1) is 16.2. The summed E-state index contributed by atoms with van der Waals surface area (Å²) in [7, 11) is 0. The highest BCUT2D eigenvalue weighted by molar-refractivity contribution is 5.96. The average Bonchev–Trinajstić information content (AvgIpc) is 2.83. The molecule has 1 aromatic heterocycles. The van der Waals surface area contributed by atoms with Gasteiger partial charge in [-0.25, -0.2) is 0 Å². The topological polar surface area (TPSA) is 54.5 Å². The Morgan fingerprint density at radius 3 is 2.38 bits per heavy atom. The van der Waals surface area contributed by atoms with Gasteiger partial charge in [-0.1, -0.05) is 12.1 Å². The number of nitrogens with one attached hydrogen (secondary N) is 1. The Morgan fingerprint density at radius 1 is 1.03 bits per heavy atom. The predicted octanol–water partition coefficient (Wildman–Crippen LogP) is 5.65. The van der Waals surface area contributed by atoms with Crippen molar-refractivity contribution in [3.63, 3.8) is 0 Å². The molecule has 2 heterocycles. The van der Waals surface area contributed by atoms with Gasteiger partial charge in [0, 0.05) is 36.4 Å². The molecule has 3 aromatic rings. The minimum atomic E-state index is -4.51. The molecular formula is C26H26F3N3O2. The van der Waals surface area contributed by atoms with Gasteiger partial charge in [0.2, 0.25) is 5.91 Å². The lowest BCUT2D eigenvalue weighted by atomic mass is 9.96. The number of nitrogens with zero attached hydrogens (tertiary/aromatic N) is 2. The van der Waals surface area contributed by atoms with Crippen molar-refractivity contribution >= 4 is 17.3 Å². The van der Waals surface area contributed by atoms with Crippen LogP contribution in [0, 0.1) is 6.92 Å². The molecule has 2 aromatic carbocycles. The zero-order valence-electron chi connectivity index (χ0n) is 19.0. The number of hydrogen-bond acceptors (Lipinski definition) is 4. The fourth-order valence-electron chi connectivity index (χ4n) is 3.93. The maximum atomic E-state index is 13.6. The number of aryl methyl sites for hydroxylation is 1. The van der Waals surface area contributed by atoms with E-state index in [1.807, 2.05) is 36.1 Å². The molecule has 5 nitrogen and oxygen atoms in total. The molecule has 1 saturated heterocycles. The summed E-state index contributed by atoms with van der Waals surface area (Å²) in [6, 6.07) is 15.1. The number of amides is 1. The third-order valence-corrected chi connectivity index (χ3v) is 5.92. The van der Waals surface area contributed by atoms with Gasteiger partial charge in [0.15, 0.2) is 0 Å². The summed E-state index contributed by atoms with van der Waals surface area (Å²) >= 11 is 0. The summed E-state index contributed by atoms with van der Waals surface area (Å²) in [6.45, 7) is 5.45. The fourth-order valence-corrected chi connectivity index (χ4v) is 3.93. The van der Waals surface area contributed by atoms with Gasteiger partial charge in [0.1, 0.15) is 0 Å². The third-order valence-electron chi connectivity index (χ3n) is 5.92. The van der Waals surface area contributed by atoms with E-state index < -0.39 is 17.7 Å². The van der Waals surface area contributed by atoms with E-state index in [0.717, 1.165) is 29.0 Å². The van der Waals surface area contributed by atoms with Crippen LogP contribution in [0.3, 0.4) is 0 Å². The van der Waals surface area contributed by atoms with Crippen LogP contribution >= 0.6 is 0 Å². The van der Waals surface area contributed by atoms with Crippen LogP contribution in [-0.4, -0.2) is 37.2 Å². The maximum Gasteiger partial charge on any atom is 0.416 e. The van der Waals surface area contributed by atoms with Crippen molar-refractivity contribution in [2.75, 3.05) is 36.5 Å². The number of ether oxygens (including phenoxy) is 1. The number of anilines is 2. The molecule has 0 saturated carbocycles. The number of carbonyl (C=O) groups is 1. The second-order valence-electron chi connectivity index (χ2n) is 8.38. The molecule has 178 valence electrons. The fraction of sp³-hybridized carbons (Fsp3) is 0.308. The zero-order chi connectivity index (χ0) is 24.3. The number of aromatic nitrogens is 1. The van der Waals surface area contributed by atoms with Gasteiger partial charge < -0.3 is 15.0 Å². The molecule has 1 atom stereocenters. The lowest BCUT2D eigenvalue weighted by Gasteiger charge is -2.30. The van der Waals surface area contributed by atoms with Gasteiger partial charge in [-0.3, -0.25) is 9.78 Å². The van der Waals surface area contributed by atoms with Crippen LogP contribution < -0.4 is 10.2 Å². The first kappa shape index (κ1) is 23.8. The van der Waals surface area contributed by atoms with Gasteiger partial charge in [-0.2, -0.15) is 13.2 Å². The molecule has 0 spiro atoms. The summed E-state index contributed by atoms with van der Waals surface area (Å²) in [5.74, 6) is -1.15. The van der Waals surface area contributed by atoms with Crippen molar-refractivity contribution in [2.45, 2.75) is 25.9 Å². The average molecular weight is 470 g/mol. The number of halogens is 3. The molecule has 34 heavy (non-hydrogen) atoms. The van der Waals surface area contributed by atoms with E-state index in [9.17, 15) is 18.0 Å². The van der Waals surface area contributed by atoms with Gasteiger partial charge in [-0.05, 0) is 73.0 Å². The first-order valence-electron chi connectivity index (χ1n) is 11.1. The highest BCUT2D eigenvalue weighted by Crippen LogP contribution is 2.35. The van der Waals surface area contributed by atoms with Crippen molar-refractivity contribution in [1.82, 2.24) is 4.98 Å². The van der Waals surface area contributed by atoms with Crippen LogP contribution in [0.5, 0.6) is 0 Å². The molecular weight excluding hydrogens is 443 g/mol. The Labute approximate surface area is 196 Å². The van der Waals surface area contributed by atoms with Crippen molar-refractivity contribution in [1.29, 1.82) is 0 Å². The molecule has 0 aliphatic carbocycles. The molecule has 1 amide bonds. The lowest BCUT2D eigenvalue weighted by Crippen LogP contribution is -2.36. The molecule has 4 rings (SSSR count). The Hall–Kier alpha value is -3.39. The smallest absolute Gasteiger partial charge is 0.378 e. The van der Waals surface area contributed by atoms with Crippen LogP contribution in [0.2, 0.25) is 0 Å². The number of pyridine rings is 1. The van der Waals surface area contributed by atoms with Crippen LogP contribution in [0.25, 0.3) is 11.1 Å². The van der Waals surface area contributed by atoms with E-state index in [-0.39, 0.29) is 5.91 Å². The Kier molecular flexibility index (Phi) is 6.88. The number of morpholine rings is 1. The van der Waals surface area contributed by atoms with Crippen LogP contribution in [0.1, 0.15) is 29.7 Å². The van der Waals surface area contributed by atoms with Gasteiger partial charge >= 0.3 is 6.18 Å². The highest BCUT2D eigenvalue weighted by atomic mass is 19.4. The number of hydrogen-bond donors (Lipinski definition) is 1. The molecule has 1 fully saturated rings. The molecule has 0 bridgehead atoms. The lowest BCUT2D eigenvalue weighted by molar-refractivity contribution is -0.137. The number of rotatable bonds is 5. The van der Waals surface area contributed by atoms with Gasteiger partial charge in [0.25, 0.3) is 0 Å². The van der Waals surface area contributed by atoms with Crippen molar-refractivity contribution < 1.29 is 22.7 Å². The molecule has 1 aliphatic heterocycles.